The highest BCUT2D eigenvalue weighted by Crippen LogP contribution is 2.16. The second-order valence-electron chi connectivity index (χ2n) is 5.05. The molecule has 1 rings (SSSR count). The van der Waals surface area contributed by atoms with Crippen LogP contribution in [0.5, 0.6) is 0 Å². The zero-order chi connectivity index (χ0) is 18.2. The van der Waals surface area contributed by atoms with Gasteiger partial charge in [0.2, 0.25) is 15.9 Å². The van der Waals surface area contributed by atoms with Crippen molar-refractivity contribution in [2.24, 2.45) is 11.5 Å². The van der Waals surface area contributed by atoms with E-state index in [1.54, 1.807) is 6.07 Å². The van der Waals surface area contributed by atoms with Gasteiger partial charge in [-0.05, 0) is 24.6 Å². The van der Waals surface area contributed by atoms with E-state index in [0.29, 0.717) is 18.5 Å². The Balaban J connectivity index is 0.00000576. The molecule has 1 atom stereocenters. The number of nitrogens with one attached hydrogen (secondary N) is 3. The highest BCUT2D eigenvalue weighted by atomic mass is 35.5. The summed E-state index contributed by atoms with van der Waals surface area (Å²) in [5.74, 6) is -0.472. The van der Waals surface area contributed by atoms with Crippen LogP contribution in [0.2, 0.25) is 0 Å². The summed E-state index contributed by atoms with van der Waals surface area (Å²) in [7, 11) is -3.70. The standard InChI is InChI=1S/C14H23N5O4S.ClH/c1-2-4-12(19-14(16)21)13(20)18-10-5-3-6-11(9-10)24(22,23)17-8-7-15;/h3,5-6,9,12,17H,2,4,7-8,15H2,1H3,(H,18,20)(H3,16,19,21);1H/t12-;/m1./s1. The quantitative estimate of drug-likeness (QED) is 0.402. The Bertz CT molecular complexity index is 684. The molecule has 0 saturated heterocycles. The normalized spacial score (nSPS) is 11.9. The number of primary amides is 1. The van der Waals surface area contributed by atoms with Crippen LogP contribution in [0, 0.1) is 0 Å². The van der Waals surface area contributed by atoms with Crippen molar-refractivity contribution in [1.29, 1.82) is 0 Å². The SMILES string of the molecule is CCC[C@@H](NC(N)=O)C(=O)Nc1cccc(S(=O)(=O)NCCN)c1.Cl. The molecule has 0 bridgehead atoms. The van der Waals surface area contributed by atoms with Gasteiger partial charge in [-0.3, -0.25) is 4.79 Å². The first-order valence-electron chi connectivity index (χ1n) is 7.46. The first-order chi connectivity index (χ1) is 11.3. The maximum absolute atomic E-state index is 12.2. The minimum Gasteiger partial charge on any atom is -0.352 e. The molecular formula is C14H24ClN5O4S. The smallest absolute Gasteiger partial charge is 0.312 e. The third-order valence-corrected chi connectivity index (χ3v) is 4.52. The molecule has 1 aromatic rings. The van der Waals surface area contributed by atoms with Gasteiger partial charge in [-0.25, -0.2) is 17.9 Å². The van der Waals surface area contributed by atoms with Crippen LogP contribution in [-0.2, 0) is 14.8 Å². The summed E-state index contributed by atoms with van der Waals surface area (Å²) in [4.78, 5) is 23.2. The molecule has 3 amide bonds. The molecule has 0 aliphatic heterocycles. The maximum atomic E-state index is 12.2. The van der Waals surface area contributed by atoms with Crippen molar-refractivity contribution in [3.8, 4) is 0 Å². The van der Waals surface area contributed by atoms with Gasteiger partial charge in [0.25, 0.3) is 0 Å². The molecule has 11 heteroatoms. The Morgan fingerprint density at radius 3 is 2.52 bits per heavy atom. The number of carbonyl (C=O) groups is 2. The molecule has 142 valence electrons. The van der Waals surface area contributed by atoms with Crippen molar-refractivity contribution >= 4 is 40.1 Å². The van der Waals surface area contributed by atoms with E-state index in [2.05, 4.69) is 15.4 Å². The van der Waals surface area contributed by atoms with Crippen LogP contribution in [0.25, 0.3) is 0 Å². The number of rotatable bonds is 9. The minimum absolute atomic E-state index is 0. The summed E-state index contributed by atoms with van der Waals surface area (Å²) in [6, 6.07) is 4.19. The Morgan fingerprint density at radius 1 is 1.28 bits per heavy atom. The van der Waals surface area contributed by atoms with E-state index >= 15 is 0 Å². The lowest BCUT2D eigenvalue weighted by molar-refractivity contribution is -0.118. The van der Waals surface area contributed by atoms with E-state index in [4.69, 9.17) is 11.5 Å². The summed E-state index contributed by atoms with van der Waals surface area (Å²) >= 11 is 0. The van der Waals surface area contributed by atoms with Gasteiger partial charge >= 0.3 is 6.03 Å². The first kappa shape index (κ1) is 23.1. The molecule has 0 unspecified atom stereocenters. The van der Waals surface area contributed by atoms with Crippen molar-refractivity contribution in [3.63, 3.8) is 0 Å². The average Bonchev–Trinajstić information content (AvgIpc) is 2.52. The molecule has 0 aromatic heterocycles. The van der Waals surface area contributed by atoms with Gasteiger partial charge in [0.15, 0.2) is 0 Å². The highest BCUT2D eigenvalue weighted by molar-refractivity contribution is 7.89. The number of nitrogens with two attached hydrogens (primary N) is 2. The maximum Gasteiger partial charge on any atom is 0.312 e. The average molecular weight is 394 g/mol. The van der Waals surface area contributed by atoms with Crippen molar-refractivity contribution < 1.29 is 18.0 Å². The van der Waals surface area contributed by atoms with E-state index < -0.39 is 28.0 Å². The van der Waals surface area contributed by atoms with E-state index in [-0.39, 0.29) is 30.4 Å². The third-order valence-electron chi connectivity index (χ3n) is 3.06. The lowest BCUT2D eigenvalue weighted by atomic mass is 10.1. The summed E-state index contributed by atoms with van der Waals surface area (Å²) in [5, 5.41) is 4.93. The van der Waals surface area contributed by atoms with Gasteiger partial charge in [0, 0.05) is 18.8 Å². The third kappa shape index (κ3) is 7.69. The summed E-state index contributed by atoms with van der Waals surface area (Å²) in [6.45, 7) is 2.15. The molecule has 1 aromatic carbocycles. The largest absolute Gasteiger partial charge is 0.352 e. The minimum atomic E-state index is -3.70. The molecule has 9 nitrogen and oxygen atoms in total. The Labute approximate surface area is 153 Å². The number of halogens is 1. The van der Waals surface area contributed by atoms with Gasteiger partial charge < -0.3 is 22.1 Å². The molecule has 0 aliphatic rings. The second-order valence-corrected chi connectivity index (χ2v) is 6.82. The van der Waals surface area contributed by atoms with Crippen molar-refractivity contribution in [1.82, 2.24) is 10.0 Å². The van der Waals surface area contributed by atoms with Crippen molar-refractivity contribution in [3.05, 3.63) is 24.3 Å². The van der Waals surface area contributed by atoms with E-state index in [0.717, 1.165) is 0 Å². The summed E-state index contributed by atoms with van der Waals surface area (Å²) < 4.78 is 26.5. The van der Waals surface area contributed by atoms with Crippen LogP contribution in [-0.4, -0.2) is 39.5 Å². The topological polar surface area (TPSA) is 156 Å². The molecule has 0 saturated carbocycles. The lowest BCUT2D eigenvalue weighted by Gasteiger charge is -2.17. The highest BCUT2D eigenvalue weighted by Gasteiger charge is 2.20. The molecule has 7 N–H and O–H groups in total. The number of hydrogen-bond donors (Lipinski definition) is 5. The number of sulfonamides is 1. The van der Waals surface area contributed by atoms with E-state index in [9.17, 15) is 18.0 Å². The lowest BCUT2D eigenvalue weighted by Crippen LogP contribution is -2.46. The molecule has 25 heavy (non-hydrogen) atoms. The molecule has 0 radical (unpaired) electrons. The fourth-order valence-electron chi connectivity index (χ4n) is 1.98. The van der Waals surface area contributed by atoms with Gasteiger partial charge in [-0.2, -0.15) is 0 Å². The molecule has 0 aliphatic carbocycles. The Morgan fingerprint density at radius 2 is 1.96 bits per heavy atom. The van der Waals surface area contributed by atoms with Crippen LogP contribution < -0.4 is 26.8 Å². The fraction of sp³-hybridized carbons (Fsp3) is 0.429. The molecule has 0 spiro atoms. The van der Waals surface area contributed by atoms with Gasteiger partial charge in [-0.1, -0.05) is 19.4 Å². The molecule has 0 fully saturated rings. The summed E-state index contributed by atoms with van der Waals surface area (Å²) in [6.07, 6.45) is 1.07. The predicted octanol–water partition coefficient (Wildman–Crippen LogP) is 0.121. The van der Waals surface area contributed by atoms with Crippen LogP contribution in [0.1, 0.15) is 19.8 Å². The van der Waals surface area contributed by atoms with Gasteiger partial charge in [0.1, 0.15) is 6.04 Å². The zero-order valence-corrected chi connectivity index (χ0v) is 15.5. The van der Waals surface area contributed by atoms with E-state index in [1.165, 1.54) is 18.2 Å². The first-order valence-corrected chi connectivity index (χ1v) is 8.95. The van der Waals surface area contributed by atoms with Crippen LogP contribution in [0.3, 0.4) is 0 Å². The second kappa shape index (κ2) is 10.9. The van der Waals surface area contributed by atoms with Gasteiger partial charge in [-0.15, -0.1) is 12.4 Å². The predicted molar refractivity (Wildman–Crippen MR) is 98.0 cm³/mol. The number of carbonyl (C=O) groups excluding carboxylic acids is 2. The van der Waals surface area contributed by atoms with Crippen molar-refractivity contribution in [2.75, 3.05) is 18.4 Å². The fourth-order valence-corrected chi connectivity index (χ4v) is 3.07. The molecular weight excluding hydrogens is 370 g/mol. The van der Waals surface area contributed by atoms with Crippen molar-refractivity contribution in [2.45, 2.75) is 30.7 Å². The number of benzene rings is 1. The van der Waals surface area contributed by atoms with Crippen LogP contribution >= 0.6 is 12.4 Å². The Kier molecular flexibility index (Phi) is 10.1. The van der Waals surface area contributed by atoms with Crippen LogP contribution in [0.4, 0.5) is 10.5 Å². The Hall–Kier alpha value is -1.88. The van der Waals surface area contributed by atoms with Gasteiger partial charge in [0.05, 0.1) is 4.90 Å². The number of amides is 3. The number of anilines is 1. The molecule has 0 heterocycles. The zero-order valence-electron chi connectivity index (χ0n) is 13.8. The van der Waals surface area contributed by atoms with E-state index in [1.807, 2.05) is 6.92 Å². The number of urea groups is 1. The monoisotopic (exact) mass is 393 g/mol. The van der Waals surface area contributed by atoms with Crippen LogP contribution in [0.15, 0.2) is 29.2 Å². The number of hydrogen-bond acceptors (Lipinski definition) is 5. The summed E-state index contributed by atoms with van der Waals surface area (Å²) in [5.41, 5.74) is 10.6.